The molecule has 0 aliphatic heterocycles. The summed E-state index contributed by atoms with van der Waals surface area (Å²) in [7, 11) is 0. The molecule has 0 amide bonds. The first-order valence-corrected chi connectivity index (χ1v) is 22.8. The maximum atomic E-state index is 2.49. The van der Waals surface area contributed by atoms with E-state index < -0.39 is 0 Å². The van der Waals surface area contributed by atoms with E-state index in [0.29, 0.717) is 0 Å². The van der Waals surface area contributed by atoms with Crippen LogP contribution in [0.2, 0.25) is 0 Å². The second-order valence-electron chi connectivity index (χ2n) is 18.3. The second-order valence-corrected chi connectivity index (χ2v) is 18.3. The van der Waals surface area contributed by atoms with E-state index in [-0.39, 0.29) is 5.41 Å². The minimum Gasteiger partial charge on any atom is -0.0622 e. The van der Waals surface area contributed by atoms with Crippen LogP contribution in [-0.4, -0.2) is 0 Å². The third-order valence-corrected chi connectivity index (χ3v) is 14.4. The van der Waals surface area contributed by atoms with Gasteiger partial charge in [-0.15, -0.1) is 0 Å². The molecule has 0 spiro atoms. The molecule has 0 heterocycles. The van der Waals surface area contributed by atoms with E-state index in [1.54, 1.807) is 0 Å². The molecule has 0 N–H and O–H groups in total. The van der Waals surface area contributed by atoms with Crippen LogP contribution in [0.25, 0.3) is 121 Å². The first kappa shape index (κ1) is 37.5. The Morgan fingerprint density at radius 1 is 0.231 bits per heavy atom. The molecule has 12 aromatic rings. The fourth-order valence-electron chi connectivity index (χ4n) is 11.4. The molecule has 0 unspecified atom stereocenters. The Labute approximate surface area is 379 Å². The van der Waals surface area contributed by atoms with E-state index in [9.17, 15) is 0 Å². The Hall–Kier alpha value is -8.06. The topological polar surface area (TPSA) is 0 Å². The van der Waals surface area contributed by atoms with Gasteiger partial charge in [0.2, 0.25) is 0 Å². The molecule has 0 fully saturated rings. The molecule has 0 atom stereocenters. The number of fused-ring (bicyclic) bond motifs is 8. The minimum absolute atomic E-state index is 0.0937. The molecule has 1 aliphatic rings. The largest absolute Gasteiger partial charge is 0.0622 e. The molecule has 65 heavy (non-hydrogen) atoms. The molecule has 0 radical (unpaired) electrons. The SMILES string of the molecule is CC1(C)c2ccccc2-c2ccc(-c3c4ccccc4c(-c4c5ccccc5c(-c5cc6ccccc6cc5-c5ccc(-c6ccccc6)cc5)c5ccccc45)c4ccccc34)cc21. The summed E-state index contributed by atoms with van der Waals surface area (Å²) in [6.07, 6.45) is 0. The molecular formula is C65H44. The van der Waals surface area contributed by atoms with Crippen molar-refractivity contribution in [2.24, 2.45) is 0 Å². The van der Waals surface area contributed by atoms with Gasteiger partial charge in [-0.1, -0.05) is 226 Å². The van der Waals surface area contributed by atoms with E-state index in [4.69, 9.17) is 0 Å². The standard InChI is InChI=1S/C65H44/c1-65(2)59-31-17-16-22-47(59)48-37-36-46(40-60(48)65)61-49-23-8-12-27-53(49)63(54-28-13-9-24-50(54)61)64-55-29-14-10-25-51(55)62(52-26-11-15-30-56(52)64)58-39-45-21-7-6-20-44(45)38-57(58)43-34-32-42(33-35-43)41-18-4-3-5-19-41/h3-40H,1-2H3. The Morgan fingerprint density at radius 2 is 0.615 bits per heavy atom. The molecule has 0 bridgehead atoms. The monoisotopic (exact) mass is 824 g/mol. The molecule has 0 aromatic heterocycles. The summed E-state index contributed by atoms with van der Waals surface area (Å²) in [5.41, 5.74) is 17.9. The average molecular weight is 825 g/mol. The summed E-state index contributed by atoms with van der Waals surface area (Å²) in [5.74, 6) is 0. The highest BCUT2D eigenvalue weighted by atomic mass is 14.4. The van der Waals surface area contributed by atoms with Crippen LogP contribution in [0.3, 0.4) is 0 Å². The van der Waals surface area contributed by atoms with E-state index in [1.807, 2.05) is 0 Å². The first-order chi connectivity index (χ1) is 32.0. The van der Waals surface area contributed by atoms with E-state index >= 15 is 0 Å². The van der Waals surface area contributed by atoms with Crippen LogP contribution in [-0.2, 0) is 5.41 Å². The van der Waals surface area contributed by atoms with Gasteiger partial charge in [0.05, 0.1) is 0 Å². The molecular weight excluding hydrogens is 781 g/mol. The third-order valence-electron chi connectivity index (χ3n) is 14.4. The number of hydrogen-bond donors (Lipinski definition) is 0. The summed E-state index contributed by atoms with van der Waals surface area (Å²) < 4.78 is 0. The zero-order chi connectivity index (χ0) is 43.2. The maximum absolute atomic E-state index is 2.49. The zero-order valence-electron chi connectivity index (χ0n) is 36.4. The lowest BCUT2D eigenvalue weighted by molar-refractivity contribution is 0.660. The highest BCUT2D eigenvalue weighted by Gasteiger charge is 2.35. The predicted molar refractivity (Wildman–Crippen MR) is 279 cm³/mol. The second kappa shape index (κ2) is 14.5. The Bertz CT molecular complexity index is 3770. The van der Waals surface area contributed by atoms with Gasteiger partial charge in [-0.25, -0.2) is 0 Å². The van der Waals surface area contributed by atoms with Crippen molar-refractivity contribution in [3.8, 4) is 66.8 Å². The lowest BCUT2D eigenvalue weighted by atomic mass is 9.79. The Balaban J connectivity index is 1.09. The maximum Gasteiger partial charge on any atom is 0.0159 e. The molecule has 0 saturated carbocycles. The van der Waals surface area contributed by atoms with Gasteiger partial charge in [-0.3, -0.25) is 0 Å². The smallest absolute Gasteiger partial charge is 0.0159 e. The van der Waals surface area contributed by atoms with Crippen molar-refractivity contribution in [1.29, 1.82) is 0 Å². The lowest BCUT2D eigenvalue weighted by Gasteiger charge is -2.24. The van der Waals surface area contributed by atoms with Crippen molar-refractivity contribution >= 4 is 53.9 Å². The van der Waals surface area contributed by atoms with Crippen LogP contribution in [0.5, 0.6) is 0 Å². The number of rotatable bonds is 5. The number of hydrogen-bond acceptors (Lipinski definition) is 0. The summed E-state index contributed by atoms with van der Waals surface area (Å²) >= 11 is 0. The first-order valence-electron chi connectivity index (χ1n) is 22.8. The van der Waals surface area contributed by atoms with Crippen molar-refractivity contribution in [2.75, 3.05) is 0 Å². The van der Waals surface area contributed by atoms with Crippen molar-refractivity contribution in [3.63, 3.8) is 0 Å². The molecule has 0 heteroatoms. The van der Waals surface area contributed by atoms with Gasteiger partial charge < -0.3 is 0 Å². The molecule has 0 nitrogen and oxygen atoms in total. The van der Waals surface area contributed by atoms with Gasteiger partial charge in [-0.2, -0.15) is 0 Å². The van der Waals surface area contributed by atoms with Crippen LogP contribution >= 0.6 is 0 Å². The van der Waals surface area contributed by atoms with Gasteiger partial charge in [0.15, 0.2) is 0 Å². The fraction of sp³-hybridized carbons (Fsp3) is 0.0462. The van der Waals surface area contributed by atoms with Gasteiger partial charge >= 0.3 is 0 Å². The van der Waals surface area contributed by atoms with Gasteiger partial charge in [-0.05, 0) is 150 Å². The minimum atomic E-state index is -0.0937. The molecule has 12 aromatic carbocycles. The Morgan fingerprint density at radius 3 is 1.17 bits per heavy atom. The van der Waals surface area contributed by atoms with E-state index in [2.05, 4.69) is 244 Å². The van der Waals surface area contributed by atoms with Crippen LogP contribution in [0, 0.1) is 0 Å². The lowest BCUT2D eigenvalue weighted by Crippen LogP contribution is -2.14. The molecule has 304 valence electrons. The van der Waals surface area contributed by atoms with Gasteiger partial charge in [0.25, 0.3) is 0 Å². The average Bonchev–Trinajstić information content (AvgIpc) is 3.60. The van der Waals surface area contributed by atoms with Crippen molar-refractivity contribution < 1.29 is 0 Å². The summed E-state index contributed by atoms with van der Waals surface area (Å²) in [4.78, 5) is 0. The van der Waals surface area contributed by atoms with Crippen LogP contribution in [0.1, 0.15) is 25.0 Å². The molecule has 13 rings (SSSR count). The van der Waals surface area contributed by atoms with E-state index in [1.165, 1.54) is 132 Å². The summed E-state index contributed by atoms with van der Waals surface area (Å²) in [6, 6.07) is 86.1. The summed E-state index contributed by atoms with van der Waals surface area (Å²) in [6.45, 7) is 4.76. The van der Waals surface area contributed by atoms with Crippen molar-refractivity contribution in [3.05, 3.63) is 242 Å². The predicted octanol–water partition coefficient (Wildman–Crippen LogP) is 18.1. The van der Waals surface area contributed by atoms with E-state index in [0.717, 1.165) is 0 Å². The van der Waals surface area contributed by atoms with Crippen molar-refractivity contribution in [1.82, 2.24) is 0 Å². The normalized spacial score (nSPS) is 12.9. The van der Waals surface area contributed by atoms with Crippen molar-refractivity contribution in [2.45, 2.75) is 19.3 Å². The highest BCUT2D eigenvalue weighted by molar-refractivity contribution is 6.30. The summed E-state index contributed by atoms with van der Waals surface area (Å²) in [5, 5.41) is 12.5. The highest BCUT2D eigenvalue weighted by Crippen LogP contribution is 2.54. The van der Waals surface area contributed by atoms with Crippen LogP contribution in [0.15, 0.2) is 231 Å². The number of benzene rings is 12. The quantitative estimate of drug-likeness (QED) is 0.152. The van der Waals surface area contributed by atoms with Gasteiger partial charge in [0.1, 0.15) is 0 Å². The molecule has 0 saturated heterocycles. The molecule has 1 aliphatic carbocycles. The third kappa shape index (κ3) is 5.70. The zero-order valence-corrected chi connectivity index (χ0v) is 36.4. The Kier molecular flexibility index (Phi) is 8.36. The van der Waals surface area contributed by atoms with Crippen LogP contribution < -0.4 is 0 Å². The van der Waals surface area contributed by atoms with Crippen LogP contribution in [0.4, 0.5) is 0 Å². The van der Waals surface area contributed by atoms with Gasteiger partial charge in [0, 0.05) is 5.41 Å². The fourth-order valence-corrected chi connectivity index (χ4v) is 11.4.